The molecule has 2 N–H and O–H groups in total. The highest BCUT2D eigenvalue weighted by Gasteiger charge is 2.06. The van der Waals surface area contributed by atoms with Crippen LogP contribution >= 0.6 is 35.0 Å². The zero-order chi connectivity index (χ0) is 13.7. The molecule has 0 atom stereocenters. The lowest BCUT2D eigenvalue weighted by Crippen LogP contribution is -2.83. The molecule has 1 aromatic heterocycles. The normalized spacial score (nSPS) is 10.9. The number of aromatic nitrogens is 4. The van der Waals surface area contributed by atoms with Gasteiger partial charge in [0.15, 0.2) is 0 Å². The fourth-order valence-electron chi connectivity index (χ4n) is 1.54. The van der Waals surface area contributed by atoms with Gasteiger partial charge in [0.2, 0.25) is 5.16 Å². The first-order valence-electron chi connectivity index (χ1n) is 5.78. The molecule has 0 aliphatic carbocycles. The predicted octanol–water partition coefficient (Wildman–Crippen LogP) is 1.37. The number of hydrogen-bond acceptors (Lipinski definition) is 4. The summed E-state index contributed by atoms with van der Waals surface area (Å²) >= 11 is 13.7. The van der Waals surface area contributed by atoms with Crippen molar-refractivity contribution in [1.29, 1.82) is 0 Å². The molecule has 0 amide bonds. The Morgan fingerprint density at radius 1 is 1.37 bits per heavy atom. The van der Waals surface area contributed by atoms with E-state index >= 15 is 0 Å². The summed E-state index contributed by atoms with van der Waals surface area (Å²) in [6.45, 7) is 1.78. The van der Waals surface area contributed by atoms with E-state index in [1.807, 2.05) is 19.2 Å². The third-order valence-corrected chi connectivity index (χ3v) is 4.43. The third-order valence-electron chi connectivity index (χ3n) is 2.53. The summed E-state index contributed by atoms with van der Waals surface area (Å²) < 4.78 is 1.67. The molecule has 1 aromatic carbocycles. The van der Waals surface area contributed by atoms with Crippen molar-refractivity contribution in [3.05, 3.63) is 33.8 Å². The number of benzene rings is 1. The fourth-order valence-corrected chi connectivity index (χ4v) is 2.72. The van der Waals surface area contributed by atoms with Gasteiger partial charge >= 0.3 is 0 Å². The molecule has 0 aliphatic heterocycles. The first-order chi connectivity index (χ1) is 9.18. The second-order valence-corrected chi connectivity index (χ2v) is 5.78. The van der Waals surface area contributed by atoms with Gasteiger partial charge in [-0.2, -0.15) is 0 Å². The summed E-state index contributed by atoms with van der Waals surface area (Å²) in [6, 6.07) is 5.70. The second kappa shape index (κ2) is 7.09. The van der Waals surface area contributed by atoms with Crippen molar-refractivity contribution < 1.29 is 5.32 Å². The quantitative estimate of drug-likeness (QED) is 0.645. The van der Waals surface area contributed by atoms with Crippen LogP contribution in [-0.2, 0) is 13.6 Å². The standard InChI is InChI=1S/C11H13Cl2N5S/c1-18-11(15-16-17-18)19-6-5-14-7-8-3-2-4-9(12)10(8)13/h2-4,14H,5-7H2,1H3/p+1. The third kappa shape index (κ3) is 4.07. The number of nitrogens with zero attached hydrogens (tertiary/aromatic N) is 4. The summed E-state index contributed by atoms with van der Waals surface area (Å²) in [5, 5.41) is 15.5. The van der Waals surface area contributed by atoms with Crippen molar-refractivity contribution in [2.45, 2.75) is 11.7 Å². The van der Waals surface area contributed by atoms with Crippen LogP contribution in [0.2, 0.25) is 10.0 Å². The number of hydrogen-bond donors (Lipinski definition) is 1. The van der Waals surface area contributed by atoms with Gasteiger partial charge in [-0.05, 0) is 16.5 Å². The van der Waals surface area contributed by atoms with Gasteiger partial charge in [-0.15, -0.1) is 5.10 Å². The Morgan fingerprint density at radius 3 is 2.95 bits per heavy atom. The molecular weight excluding hydrogens is 305 g/mol. The highest BCUT2D eigenvalue weighted by Crippen LogP contribution is 2.24. The minimum atomic E-state index is 0.604. The van der Waals surface area contributed by atoms with E-state index in [0.29, 0.717) is 10.0 Å². The van der Waals surface area contributed by atoms with Crippen LogP contribution in [0.25, 0.3) is 0 Å². The van der Waals surface area contributed by atoms with Crippen molar-refractivity contribution in [3.63, 3.8) is 0 Å². The van der Waals surface area contributed by atoms with E-state index in [0.717, 1.165) is 29.6 Å². The van der Waals surface area contributed by atoms with Gasteiger partial charge in [0, 0.05) is 12.6 Å². The van der Waals surface area contributed by atoms with Crippen molar-refractivity contribution in [2.75, 3.05) is 12.3 Å². The summed E-state index contributed by atoms with van der Waals surface area (Å²) in [5.74, 6) is 0.937. The van der Waals surface area contributed by atoms with E-state index in [9.17, 15) is 0 Å². The molecule has 2 aromatic rings. The summed E-state index contributed by atoms with van der Waals surface area (Å²) in [5.41, 5.74) is 1.06. The molecule has 0 aliphatic rings. The molecule has 2 rings (SSSR count). The average molecular weight is 319 g/mol. The smallest absolute Gasteiger partial charge is 0.209 e. The van der Waals surface area contributed by atoms with Gasteiger partial charge in [0.25, 0.3) is 0 Å². The second-order valence-electron chi connectivity index (χ2n) is 3.93. The average Bonchev–Trinajstić information content (AvgIpc) is 2.80. The van der Waals surface area contributed by atoms with E-state index in [2.05, 4.69) is 20.8 Å². The van der Waals surface area contributed by atoms with Crippen LogP contribution in [0.1, 0.15) is 5.56 Å². The molecule has 8 heteroatoms. The molecule has 0 fully saturated rings. The lowest BCUT2D eigenvalue weighted by Gasteiger charge is -2.05. The van der Waals surface area contributed by atoms with Gasteiger partial charge in [0.05, 0.1) is 22.3 Å². The first kappa shape index (κ1) is 14.6. The van der Waals surface area contributed by atoms with Gasteiger partial charge in [-0.1, -0.05) is 47.1 Å². The Hall–Kier alpha value is -0.820. The van der Waals surface area contributed by atoms with Crippen molar-refractivity contribution >= 4 is 35.0 Å². The maximum atomic E-state index is 6.12. The maximum absolute atomic E-state index is 6.12. The Morgan fingerprint density at radius 2 is 2.21 bits per heavy atom. The van der Waals surface area contributed by atoms with Gasteiger partial charge in [-0.3, -0.25) is 0 Å². The topological polar surface area (TPSA) is 60.2 Å². The van der Waals surface area contributed by atoms with E-state index in [-0.39, 0.29) is 0 Å². The zero-order valence-electron chi connectivity index (χ0n) is 10.4. The monoisotopic (exact) mass is 318 g/mol. The number of thioether (sulfide) groups is 1. The molecule has 19 heavy (non-hydrogen) atoms. The number of aryl methyl sites for hydroxylation is 1. The largest absolute Gasteiger partial charge is 0.342 e. The van der Waals surface area contributed by atoms with Crippen LogP contribution in [0, 0.1) is 0 Å². The Bertz CT molecular complexity index is 546. The zero-order valence-corrected chi connectivity index (χ0v) is 12.7. The Kier molecular flexibility index (Phi) is 5.45. The Labute approximate surface area is 125 Å². The molecule has 0 unspecified atom stereocenters. The van der Waals surface area contributed by atoms with Crippen LogP contribution < -0.4 is 5.32 Å². The number of quaternary nitrogens is 1. The van der Waals surface area contributed by atoms with Crippen LogP contribution in [-0.4, -0.2) is 32.5 Å². The molecule has 0 saturated carbocycles. The lowest BCUT2D eigenvalue weighted by molar-refractivity contribution is -0.666. The minimum absolute atomic E-state index is 0.604. The molecule has 0 spiro atoms. The van der Waals surface area contributed by atoms with Crippen molar-refractivity contribution in [3.8, 4) is 0 Å². The molecule has 1 heterocycles. The van der Waals surface area contributed by atoms with E-state index in [1.165, 1.54) is 0 Å². The number of rotatable bonds is 6. The summed E-state index contributed by atoms with van der Waals surface area (Å²) in [4.78, 5) is 0. The van der Waals surface area contributed by atoms with Gasteiger partial charge < -0.3 is 5.32 Å². The molecule has 5 nitrogen and oxygen atoms in total. The highest BCUT2D eigenvalue weighted by atomic mass is 35.5. The number of halogens is 2. The van der Waals surface area contributed by atoms with E-state index in [1.54, 1.807) is 22.5 Å². The highest BCUT2D eigenvalue weighted by molar-refractivity contribution is 7.99. The first-order valence-corrected chi connectivity index (χ1v) is 7.52. The van der Waals surface area contributed by atoms with Gasteiger partial charge in [-0.25, -0.2) is 4.68 Å². The van der Waals surface area contributed by atoms with E-state index < -0.39 is 0 Å². The molecule has 0 saturated heterocycles. The van der Waals surface area contributed by atoms with Gasteiger partial charge in [0.1, 0.15) is 6.54 Å². The molecular formula is C11H14Cl2N5S+. The lowest BCUT2D eigenvalue weighted by atomic mass is 10.2. The maximum Gasteiger partial charge on any atom is 0.209 e. The van der Waals surface area contributed by atoms with Crippen LogP contribution in [0.3, 0.4) is 0 Å². The van der Waals surface area contributed by atoms with Crippen molar-refractivity contribution in [2.24, 2.45) is 7.05 Å². The SMILES string of the molecule is Cn1nnnc1SCC[NH2+]Cc1cccc(Cl)c1Cl. The van der Waals surface area contributed by atoms with Crippen LogP contribution in [0.4, 0.5) is 0 Å². The van der Waals surface area contributed by atoms with Crippen LogP contribution in [0.15, 0.2) is 23.4 Å². The summed E-state index contributed by atoms with van der Waals surface area (Å²) in [7, 11) is 1.83. The van der Waals surface area contributed by atoms with Crippen LogP contribution in [0.5, 0.6) is 0 Å². The molecule has 102 valence electrons. The fraction of sp³-hybridized carbons (Fsp3) is 0.364. The molecule has 0 radical (unpaired) electrons. The predicted molar refractivity (Wildman–Crippen MR) is 76.5 cm³/mol. The number of nitrogens with two attached hydrogens (primary N) is 1. The number of tetrazole rings is 1. The van der Waals surface area contributed by atoms with Crippen molar-refractivity contribution in [1.82, 2.24) is 20.2 Å². The summed E-state index contributed by atoms with van der Waals surface area (Å²) in [6.07, 6.45) is 0. The molecule has 0 bridgehead atoms. The Balaban J connectivity index is 1.72. The minimum Gasteiger partial charge on any atom is -0.342 e. The van der Waals surface area contributed by atoms with E-state index in [4.69, 9.17) is 23.2 Å².